The van der Waals surface area contributed by atoms with Gasteiger partial charge in [-0.15, -0.1) is 11.3 Å². The third kappa shape index (κ3) is 3.44. The molecule has 7 heteroatoms. The van der Waals surface area contributed by atoms with Gasteiger partial charge in [0.1, 0.15) is 11.8 Å². The Morgan fingerprint density at radius 1 is 1.58 bits per heavy atom. The maximum atomic E-state index is 11.2. The number of anilines is 1. The molecule has 1 saturated carbocycles. The summed E-state index contributed by atoms with van der Waals surface area (Å²) in [4.78, 5) is 20.5. The van der Waals surface area contributed by atoms with Crippen LogP contribution in [0, 0.1) is 5.92 Å². The zero-order valence-electron chi connectivity index (χ0n) is 10.7. The van der Waals surface area contributed by atoms with Crippen molar-refractivity contribution in [1.82, 2.24) is 4.98 Å². The van der Waals surface area contributed by atoms with E-state index in [0.29, 0.717) is 11.0 Å². The smallest absolute Gasteiger partial charge is 0.360 e. The van der Waals surface area contributed by atoms with Crippen LogP contribution in [0.15, 0.2) is 10.5 Å². The molecule has 6 nitrogen and oxygen atoms in total. The Morgan fingerprint density at radius 3 is 2.89 bits per heavy atom. The van der Waals surface area contributed by atoms with Crippen LogP contribution < -0.4 is 5.73 Å². The number of hydrogen-bond donors (Lipinski definition) is 2. The highest BCUT2D eigenvalue weighted by Gasteiger charge is 2.24. The topological polar surface area (TPSA) is 97.8 Å². The zero-order chi connectivity index (χ0) is 13.8. The van der Waals surface area contributed by atoms with Crippen LogP contribution in [-0.2, 0) is 9.63 Å². The van der Waals surface area contributed by atoms with Crippen molar-refractivity contribution >= 4 is 28.1 Å². The molecule has 2 rings (SSSR count). The van der Waals surface area contributed by atoms with Crippen LogP contribution in [0.3, 0.4) is 0 Å². The fraction of sp³-hybridized carbons (Fsp3) is 0.583. The minimum absolute atomic E-state index is 0.0147. The Labute approximate surface area is 115 Å². The Balaban J connectivity index is 2.11. The molecule has 19 heavy (non-hydrogen) atoms. The second-order valence-corrected chi connectivity index (χ2v) is 5.61. The van der Waals surface area contributed by atoms with E-state index in [1.165, 1.54) is 17.8 Å². The third-order valence-corrected chi connectivity index (χ3v) is 3.95. The number of aliphatic carboxylic acids is 1. The van der Waals surface area contributed by atoms with Crippen molar-refractivity contribution in [2.75, 3.05) is 5.73 Å². The molecule has 0 bridgehead atoms. The Hall–Kier alpha value is -1.63. The van der Waals surface area contributed by atoms with Gasteiger partial charge in [-0.3, -0.25) is 0 Å². The van der Waals surface area contributed by atoms with Gasteiger partial charge in [0, 0.05) is 5.38 Å². The Morgan fingerprint density at radius 2 is 2.32 bits per heavy atom. The Kier molecular flexibility index (Phi) is 4.36. The summed E-state index contributed by atoms with van der Waals surface area (Å²) in [6.45, 7) is 2.10. The lowest BCUT2D eigenvalue weighted by Crippen LogP contribution is -2.25. The quantitative estimate of drug-likeness (QED) is 0.651. The number of carboxylic acids is 1. The van der Waals surface area contributed by atoms with E-state index in [4.69, 9.17) is 15.7 Å². The van der Waals surface area contributed by atoms with Crippen molar-refractivity contribution in [2.45, 2.75) is 38.7 Å². The Bertz CT molecular complexity index is 486. The maximum Gasteiger partial charge on any atom is 0.360 e. The van der Waals surface area contributed by atoms with Crippen molar-refractivity contribution < 1.29 is 14.7 Å². The second-order valence-electron chi connectivity index (χ2n) is 4.72. The number of carbonyl (C=O) groups is 1. The molecule has 2 atom stereocenters. The summed E-state index contributed by atoms with van der Waals surface area (Å²) >= 11 is 1.18. The maximum absolute atomic E-state index is 11.2. The fourth-order valence-electron chi connectivity index (χ4n) is 2.15. The molecule has 0 spiro atoms. The lowest BCUT2D eigenvalue weighted by Gasteiger charge is -2.26. The molecule has 1 aliphatic carbocycles. The van der Waals surface area contributed by atoms with E-state index in [2.05, 4.69) is 17.1 Å². The number of aromatic nitrogens is 1. The largest absolute Gasteiger partial charge is 0.476 e. The molecule has 0 amide bonds. The summed E-state index contributed by atoms with van der Waals surface area (Å²) in [7, 11) is 0. The molecule has 0 saturated heterocycles. The van der Waals surface area contributed by atoms with Crippen LogP contribution >= 0.6 is 11.3 Å². The first kappa shape index (κ1) is 13.8. The van der Waals surface area contributed by atoms with Crippen molar-refractivity contribution in [3.8, 4) is 0 Å². The van der Waals surface area contributed by atoms with Gasteiger partial charge in [-0.2, -0.15) is 0 Å². The summed E-state index contributed by atoms with van der Waals surface area (Å²) in [5, 5.41) is 14.8. The summed E-state index contributed by atoms with van der Waals surface area (Å²) in [6, 6.07) is 0. The first-order valence-corrected chi connectivity index (χ1v) is 7.14. The average Bonchev–Trinajstić information content (AvgIpc) is 2.78. The minimum Gasteiger partial charge on any atom is -0.476 e. The molecule has 104 valence electrons. The molecule has 0 aromatic carbocycles. The molecule has 1 fully saturated rings. The summed E-state index contributed by atoms with van der Waals surface area (Å²) in [5.74, 6) is -0.762. The molecular formula is C12H17N3O3S. The molecule has 1 heterocycles. The van der Waals surface area contributed by atoms with Gasteiger partial charge in [-0.1, -0.05) is 18.5 Å². The zero-order valence-corrected chi connectivity index (χ0v) is 11.5. The van der Waals surface area contributed by atoms with Crippen LogP contribution in [0.5, 0.6) is 0 Å². The number of carboxylic acid groups (broad SMARTS) is 1. The van der Waals surface area contributed by atoms with Crippen molar-refractivity contribution in [3.05, 3.63) is 11.1 Å². The number of hydrogen-bond acceptors (Lipinski definition) is 6. The molecule has 0 unspecified atom stereocenters. The van der Waals surface area contributed by atoms with Crippen LogP contribution in [0.2, 0.25) is 0 Å². The monoisotopic (exact) mass is 283 g/mol. The van der Waals surface area contributed by atoms with Gasteiger partial charge >= 0.3 is 5.97 Å². The second kappa shape index (κ2) is 6.01. The van der Waals surface area contributed by atoms with E-state index >= 15 is 0 Å². The fourth-order valence-corrected chi connectivity index (χ4v) is 2.70. The number of oxime groups is 1. The highest BCUT2D eigenvalue weighted by atomic mass is 32.1. The van der Waals surface area contributed by atoms with Crippen LogP contribution in [-0.4, -0.2) is 27.9 Å². The van der Waals surface area contributed by atoms with E-state index in [-0.39, 0.29) is 17.5 Å². The van der Waals surface area contributed by atoms with E-state index in [9.17, 15) is 4.79 Å². The molecule has 1 aromatic heterocycles. The van der Waals surface area contributed by atoms with Gasteiger partial charge < -0.3 is 15.7 Å². The van der Waals surface area contributed by atoms with E-state index in [0.717, 1.165) is 19.3 Å². The molecule has 3 N–H and O–H groups in total. The van der Waals surface area contributed by atoms with Crippen LogP contribution in [0.1, 0.15) is 38.3 Å². The number of nitrogens with zero attached hydrogens (tertiary/aromatic N) is 2. The predicted octanol–water partition coefficient (Wildman–Crippen LogP) is 2.11. The molecule has 1 aliphatic rings. The molecular weight excluding hydrogens is 266 g/mol. The first-order valence-electron chi connectivity index (χ1n) is 6.26. The summed E-state index contributed by atoms with van der Waals surface area (Å²) < 4.78 is 0. The number of rotatable bonds is 4. The van der Waals surface area contributed by atoms with E-state index < -0.39 is 5.97 Å². The molecule has 0 aliphatic heterocycles. The number of nitrogens with two attached hydrogens (primary N) is 1. The molecule has 0 radical (unpaired) electrons. The SMILES string of the molecule is C[C@H]1CCCC[C@H]1ON=C(C(=O)O)c1csc(N)n1. The lowest BCUT2D eigenvalue weighted by molar-refractivity contribution is -0.129. The average molecular weight is 283 g/mol. The van der Waals surface area contributed by atoms with Crippen LogP contribution in [0.25, 0.3) is 0 Å². The predicted molar refractivity (Wildman–Crippen MR) is 73.2 cm³/mol. The van der Waals surface area contributed by atoms with Gasteiger partial charge in [-0.25, -0.2) is 9.78 Å². The minimum atomic E-state index is -1.16. The molecule has 1 aromatic rings. The highest BCUT2D eigenvalue weighted by molar-refractivity contribution is 7.13. The van der Waals surface area contributed by atoms with Crippen LogP contribution in [0.4, 0.5) is 5.13 Å². The van der Waals surface area contributed by atoms with Gasteiger partial charge in [0.15, 0.2) is 5.13 Å². The van der Waals surface area contributed by atoms with Gasteiger partial charge in [-0.05, 0) is 25.2 Å². The number of thiazole rings is 1. The first-order chi connectivity index (χ1) is 9.08. The normalized spacial score (nSPS) is 24.2. The summed E-state index contributed by atoms with van der Waals surface area (Å²) in [5.41, 5.74) is 5.56. The standard InChI is InChI=1S/C12H17N3O3S/c1-7-4-2-3-5-9(7)18-15-10(11(16)17)8-6-19-12(13)14-8/h6-7,9H,2-5H2,1H3,(H2,13,14)(H,16,17)/t7-,9+/m0/s1. The number of nitrogen functional groups attached to an aromatic ring is 1. The van der Waals surface area contributed by atoms with E-state index in [1.54, 1.807) is 5.38 Å². The van der Waals surface area contributed by atoms with E-state index in [1.807, 2.05) is 0 Å². The third-order valence-electron chi connectivity index (χ3n) is 3.28. The lowest BCUT2D eigenvalue weighted by atomic mass is 9.88. The van der Waals surface area contributed by atoms with Gasteiger partial charge in [0.25, 0.3) is 0 Å². The van der Waals surface area contributed by atoms with Crippen molar-refractivity contribution in [3.63, 3.8) is 0 Å². The van der Waals surface area contributed by atoms with Crippen molar-refractivity contribution in [2.24, 2.45) is 11.1 Å². The van der Waals surface area contributed by atoms with Gasteiger partial charge in [0.05, 0.1) is 0 Å². The van der Waals surface area contributed by atoms with Crippen molar-refractivity contribution in [1.29, 1.82) is 0 Å². The van der Waals surface area contributed by atoms with Gasteiger partial charge in [0.2, 0.25) is 5.71 Å². The summed E-state index contributed by atoms with van der Waals surface area (Å²) in [6.07, 6.45) is 4.28. The highest BCUT2D eigenvalue weighted by Crippen LogP contribution is 2.26.